The molecule has 1 aromatic heterocycles. The van der Waals surface area contributed by atoms with Crippen molar-refractivity contribution in [3.05, 3.63) is 94.8 Å². The molecule has 1 aliphatic heterocycles. The number of rotatable bonds is 4. The van der Waals surface area contributed by atoms with Gasteiger partial charge in [-0.25, -0.2) is 0 Å². The first-order chi connectivity index (χ1) is 16.8. The molecular formula is C28H26F3NO2S. The number of carbonyl (C=O) groups excluding carboxylic acids is 1. The lowest BCUT2D eigenvalue weighted by Gasteiger charge is -2.58. The molecule has 2 heterocycles. The van der Waals surface area contributed by atoms with Gasteiger partial charge in [-0.15, -0.1) is 0 Å². The van der Waals surface area contributed by atoms with Gasteiger partial charge in [-0.05, 0) is 60.1 Å². The number of carbonyl (C=O) groups is 1. The van der Waals surface area contributed by atoms with Crippen LogP contribution in [0.2, 0.25) is 0 Å². The molecule has 5 unspecified atom stereocenters. The number of ether oxygens (including phenoxy) is 1. The van der Waals surface area contributed by atoms with Crippen LogP contribution in [-0.4, -0.2) is 28.6 Å². The van der Waals surface area contributed by atoms with Crippen LogP contribution in [0.15, 0.2) is 67.0 Å². The minimum atomic E-state index is -4.39. The Morgan fingerprint density at radius 3 is 2.54 bits per heavy atom. The minimum Gasteiger partial charge on any atom is -0.469 e. The van der Waals surface area contributed by atoms with Crippen LogP contribution < -0.4 is 0 Å². The number of aromatic nitrogens is 1. The van der Waals surface area contributed by atoms with Gasteiger partial charge in [0.05, 0.1) is 18.1 Å². The highest BCUT2D eigenvalue weighted by atomic mass is 32.2. The van der Waals surface area contributed by atoms with E-state index >= 15 is 0 Å². The quantitative estimate of drug-likeness (QED) is 0.419. The Balaban J connectivity index is 1.50. The Morgan fingerprint density at radius 1 is 1.11 bits per heavy atom. The Morgan fingerprint density at radius 2 is 1.86 bits per heavy atom. The van der Waals surface area contributed by atoms with Crippen molar-refractivity contribution in [2.75, 3.05) is 7.11 Å². The van der Waals surface area contributed by atoms with Gasteiger partial charge in [0.25, 0.3) is 0 Å². The third kappa shape index (κ3) is 3.16. The SMILES string of the molecule is COC(=O)C12CC(Cc3ccccc3)SC1C1(c3ccc(C(F)(F)F)cc3)CCC2c2c[nH]cc21. The number of methoxy groups -OCH3 is 1. The monoisotopic (exact) mass is 497 g/mol. The molecule has 7 heteroatoms. The first kappa shape index (κ1) is 22.8. The van der Waals surface area contributed by atoms with E-state index in [1.54, 1.807) is 12.1 Å². The van der Waals surface area contributed by atoms with E-state index in [0.717, 1.165) is 36.0 Å². The van der Waals surface area contributed by atoms with E-state index in [1.807, 2.05) is 42.4 Å². The summed E-state index contributed by atoms with van der Waals surface area (Å²) in [5, 5.41) is 0.0962. The van der Waals surface area contributed by atoms with Gasteiger partial charge in [0.2, 0.25) is 0 Å². The van der Waals surface area contributed by atoms with Crippen LogP contribution in [0.25, 0.3) is 0 Å². The number of hydrogen-bond acceptors (Lipinski definition) is 3. The fraction of sp³-hybridized carbons (Fsp3) is 0.393. The molecule has 3 aromatic rings. The molecule has 5 atom stereocenters. The van der Waals surface area contributed by atoms with Crippen LogP contribution >= 0.6 is 11.8 Å². The van der Waals surface area contributed by atoms with Gasteiger partial charge in [0.1, 0.15) is 0 Å². The zero-order chi connectivity index (χ0) is 24.4. The van der Waals surface area contributed by atoms with Gasteiger partial charge in [0, 0.05) is 34.2 Å². The molecule has 4 aliphatic rings. The molecule has 0 radical (unpaired) electrons. The van der Waals surface area contributed by atoms with Crippen LogP contribution in [0.4, 0.5) is 13.2 Å². The second kappa shape index (κ2) is 7.92. The summed E-state index contributed by atoms with van der Waals surface area (Å²) in [6.07, 6.45) is 2.71. The Labute approximate surface area is 206 Å². The summed E-state index contributed by atoms with van der Waals surface area (Å²) in [5.41, 5.74) is 2.37. The molecule has 3 nitrogen and oxygen atoms in total. The van der Waals surface area contributed by atoms with Crippen molar-refractivity contribution in [1.29, 1.82) is 0 Å². The Bertz CT molecular complexity index is 1260. The lowest BCUT2D eigenvalue weighted by atomic mass is 9.45. The van der Waals surface area contributed by atoms with Crippen molar-refractivity contribution < 1.29 is 22.7 Å². The summed E-state index contributed by atoms with van der Waals surface area (Å²) in [6, 6.07) is 15.9. The first-order valence-corrected chi connectivity index (χ1v) is 12.9. The molecule has 7 rings (SSSR count). The molecule has 1 N–H and O–H groups in total. The van der Waals surface area contributed by atoms with E-state index in [1.165, 1.54) is 24.8 Å². The molecule has 0 spiro atoms. The predicted molar refractivity (Wildman–Crippen MR) is 129 cm³/mol. The van der Waals surface area contributed by atoms with Crippen molar-refractivity contribution in [2.45, 2.75) is 53.7 Å². The number of hydrogen-bond donors (Lipinski definition) is 1. The lowest BCUT2D eigenvalue weighted by molar-refractivity contribution is -0.158. The van der Waals surface area contributed by atoms with Gasteiger partial charge >= 0.3 is 12.1 Å². The van der Waals surface area contributed by atoms with Crippen molar-refractivity contribution in [3.8, 4) is 0 Å². The van der Waals surface area contributed by atoms with Crippen LogP contribution in [0.3, 0.4) is 0 Å². The molecule has 1 saturated carbocycles. The third-order valence-corrected chi connectivity index (χ3v) is 10.3. The number of H-pyrrole nitrogens is 1. The number of esters is 1. The zero-order valence-electron chi connectivity index (χ0n) is 19.3. The maximum absolute atomic E-state index is 13.7. The second-order valence-electron chi connectivity index (χ2n) is 10.0. The summed E-state index contributed by atoms with van der Waals surface area (Å²) in [5.74, 6) is -0.163. The fourth-order valence-electron chi connectivity index (χ4n) is 7.17. The van der Waals surface area contributed by atoms with Gasteiger partial charge < -0.3 is 9.72 Å². The van der Waals surface area contributed by atoms with Gasteiger partial charge in [-0.2, -0.15) is 24.9 Å². The topological polar surface area (TPSA) is 42.1 Å². The number of aromatic amines is 1. The summed E-state index contributed by atoms with van der Waals surface area (Å²) in [6.45, 7) is 0. The molecular weight excluding hydrogens is 471 g/mol. The standard InChI is InChI=1S/C28H26F3NO2S/c1-34-25(33)27-14-20(13-17-5-3-2-4-6-17)35-24(27)26(12-11-22(27)21-15-32-16-23(21)26)18-7-9-19(10-8-18)28(29,30)31/h2-10,15-16,20,22,24,32H,11-14H2,1H3. The van der Waals surface area contributed by atoms with Crippen LogP contribution in [0, 0.1) is 5.41 Å². The van der Waals surface area contributed by atoms with E-state index in [9.17, 15) is 18.0 Å². The second-order valence-corrected chi connectivity index (χ2v) is 11.4. The van der Waals surface area contributed by atoms with Gasteiger partial charge in [-0.1, -0.05) is 42.5 Å². The van der Waals surface area contributed by atoms with Crippen LogP contribution in [0.1, 0.15) is 53.0 Å². The number of thioether (sulfide) groups is 1. The highest BCUT2D eigenvalue weighted by molar-refractivity contribution is 8.01. The molecule has 3 aliphatic carbocycles. The number of alkyl halides is 3. The smallest absolute Gasteiger partial charge is 0.416 e. The molecule has 2 aromatic carbocycles. The highest BCUT2D eigenvalue weighted by Crippen LogP contribution is 2.72. The Kier molecular flexibility index (Phi) is 5.15. The minimum absolute atomic E-state index is 0.0331. The highest BCUT2D eigenvalue weighted by Gasteiger charge is 2.71. The fourth-order valence-corrected chi connectivity index (χ4v) is 9.43. The van der Waals surface area contributed by atoms with E-state index in [0.29, 0.717) is 6.42 Å². The van der Waals surface area contributed by atoms with Crippen molar-refractivity contribution in [3.63, 3.8) is 0 Å². The van der Waals surface area contributed by atoms with Crippen LogP contribution in [-0.2, 0) is 27.5 Å². The predicted octanol–water partition coefficient (Wildman–Crippen LogP) is 6.49. The van der Waals surface area contributed by atoms with E-state index in [2.05, 4.69) is 17.1 Å². The van der Waals surface area contributed by atoms with Crippen LogP contribution in [0.5, 0.6) is 0 Å². The molecule has 182 valence electrons. The average Bonchev–Trinajstić information content (AvgIpc) is 3.51. The molecule has 1 saturated heterocycles. The maximum atomic E-state index is 13.7. The zero-order valence-corrected chi connectivity index (χ0v) is 20.1. The summed E-state index contributed by atoms with van der Waals surface area (Å²) >= 11 is 1.83. The van der Waals surface area contributed by atoms with Crippen molar-refractivity contribution in [1.82, 2.24) is 4.98 Å². The number of nitrogens with one attached hydrogen (secondary N) is 1. The molecule has 0 amide bonds. The average molecular weight is 498 g/mol. The van der Waals surface area contributed by atoms with E-state index < -0.39 is 22.6 Å². The third-order valence-electron chi connectivity index (χ3n) is 8.49. The lowest BCUT2D eigenvalue weighted by Crippen LogP contribution is -2.60. The molecule has 2 bridgehead atoms. The summed E-state index contributed by atoms with van der Waals surface area (Å²) in [4.78, 5) is 16.9. The number of benzene rings is 2. The largest absolute Gasteiger partial charge is 0.469 e. The van der Waals surface area contributed by atoms with Gasteiger partial charge in [0.15, 0.2) is 0 Å². The maximum Gasteiger partial charge on any atom is 0.416 e. The summed E-state index contributed by atoms with van der Waals surface area (Å²) in [7, 11) is 1.45. The first-order valence-electron chi connectivity index (χ1n) is 11.9. The summed E-state index contributed by atoms with van der Waals surface area (Å²) < 4.78 is 45.5. The number of fused-ring (bicyclic) bond motifs is 1. The van der Waals surface area contributed by atoms with Crippen molar-refractivity contribution in [2.24, 2.45) is 5.41 Å². The van der Waals surface area contributed by atoms with Crippen molar-refractivity contribution >= 4 is 17.7 Å². The Hall–Kier alpha value is -2.67. The molecule has 2 fully saturated rings. The van der Waals surface area contributed by atoms with E-state index in [-0.39, 0.29) is 22.4 Å². The number of halogens is 3. The van der Waals surface area contributed by atoms with Gasteiger partial charge in [-0.3, -0.25) is 4.79 Å². The van der Waals surface area contributed by atoms with E-state index in [4.69, 9.17) is 4.74 Å². The molecule has 35 heavy (non-hydrogen) atoms. The normalized spacial score (nSPS) is 31.1.